The number of nitrogens with zero attached hydrogens (tertiary/aromatic N) is 1. The first-order valence-corrected chi connectivity index (χ1v) is 4.97. The monoisotopic (exact) mass is 222 g/mol. The second-order valence-electron chi connectivity index (χ2n) is 3.60. The second kappa shape index (κ2) is 4.02. The number of benzene rings is 1. The van der Waals surface area contributed by atoms with Crippen molar-refractivity contribution in [2.24, 2.45) is 5.73 Å². The van der Waals surface area contributed by atoms with Crippen LogP contribution in [0.15, 0.2) is 18.2 Å². The van der Waals surface area contributed by atoms with Crippen LogP contribution in [0.1, 0.15) is 18.4 Å². The van der Waals surface area contributed by atoms with Crippen molar-refractivity contribution in [3.8, 4) is 0 Å². The predicted molar refractivity (Wildman–Crippen MR) is 56.0 cm³/mol. The number of amides is 2. The molecule has 0 spiro atoms. The van der Waals surface area contributed by atoms with Crippen LogP contribution in [0, 0.1) is 5.82 Å². The lowest BCUT2D eigenvalue weighted by atomic mass is 10.2. The number of rotatable bonds is 2. The lowest BCUT2D eigenvalue weighted by molar-refractivity contribution is -0.121. The SMILES string of the molecule is NCc1cc(N2C(=O)CCC2=O)ccc1F. The van der Waals surface area contributed by atoms with Gasteiger partial charge in [-0.1, -0.05) is 0 Å². The largest absolute Gasteiger partial charge is 0.326 e. The van der Waals surface area contributed by atoms with Crippen LogP contribution in [-0.4, -0.2) is 11.8 Å². The molecule has 0 atom stereocenters. The number of hydrogen-bond donors (Lipinski definition) is 1. The van der Waals surface area contributed by atoms with E-state index in [1.807, 2.05) is 0 Å². The lowest BCUT2D eigenvalue weighted by Gasteiger charge is -2.14. The Kier molecular flexibility index (Phi) is 2.70. The molecule has 2 N–H and O–H groups in total. The Morgan fingerprint density at radius 2 is 1.88 bits per heavy atom. The third-order valence-corrected chi connectivity index (χ3v) is 2.56. The van der Waals surface area contributed by atoms with E-state index in [1.54, 1.807) is 0 Å². The van der Waals surface area contributed by atoms with Gasteiger partial charge in [0.1, 0.15) is 5.82 Å². The van der Waals surface area contributed by atoms with Gasteiger partial charge in [-0.3, -0.25) is 14.5 Å². The highest BCUT2D eigenvalue weighted by molar-refractivity contribution is 6.19. The second-order valence-corrected chi connectivity index (χ2v) is 3.60. The summed E-state index contributed by atoms with van der Waals surface area (Å²) in [5.74, 6) is -0.926. The molecule has 2 amide bonds. The highest BCUT2D eigenvalue weighted by atomic mass is 19.1. The van der Waals surface area contributed by atoms with Gasteiger partial charge in [0, 0.05) is 24.9 Å². The number of nitrogens with two attached hydrogens (primary N) is 1. The minimum absolute atomic E-state index is 0.0376. The lowest BCUT2D eigenvalue weighted by Crippen LogP contribution is -2.28. The molecule has 1 aromatic carbocycles. The van der Waals surface area contributed by atoms with Crippen molar-refractivity contribution >= 4 is 17.5 Å². The Bertz CT molecular complexity index is 443. The number of hydrogen-bond acceptors (Lipinski definition) is 3. The Labute approximate surface area is 91.8 Å². The van der Waals surface area contributed by atoms with Crippen molar-refractivity contribution in [2.75, 3.05) is 4.90 Å². The van der Waals surface area contributed by atoms with Crippen molar-refractivity contribution in [1.29, 1.82) is 0 Å². The van der Waals surface area contributed by atoms with Crippen LogP contribution < -0.4 is 10.6 Å². The molecule has 1 fully saturated rings. The number of carbonyl (C=O) groups excluding carboxylic acids is 2. The van der Waals surface area contributed by atoms with E-state index in [1.165, 1.54) is 18.2 Å². The van der Waals surface area contributed by atoms with Crippen molar-refractivity contribution < 1.29 is 14.0 Å². The minimum atomic E-state index is -0.426. The van der Waals surface area contributed by atoms with E-state index in [9.17, 15) is 14.0 Å². The van der Waals surface area contributed by atoms with E-state index >= 15 is 0 Å². The zero-order chi connectivity index (χ0) is 11.7. The molecule has 1 saturated heterocycles. The zero-order valence-corrected chi connectivity index (χ0v) is 8.57. The summed E-state index contributed by atoms with van der Waals surface area (Å²) in [6.45, 7) is 0.0376. The number of imide groups is 1. The van der Waals surface area contributed by atoms with Crippen LogP contribution in [0.4, 0.5) is 10.1 Å². The number of anilines is 1. The summed E-state index contributed by atoms with van der Waals surface area (Å²) >= 11 is 0. The fourth-order valence-electron chi connectivity index (χ4n) is 1.72. The van der Waals surface area contributed by atoms with Gasteiger partial charge in [0.15, 0.2) is 0 Å². The standard InChI is InChI=1S/C11H11FN2O2/c12-9-2-1-8(5-7(9)6-13)14-10(15)3-4-11(14)16/h1-2,5H,3-4,6,13H2. The normalized spacial score (nSPS) is 16.0. The van der Waals surface area contributed by atoms with Crippen LogP contribution in [0.25, 0.3) is 0 Å². The minimum Gasteiger partial charge on any atom is -0.326 e. The molecule has 5 heteroatoms. The summed E-state index contributed by atoms with van der Waals surface area (Å²) in [6.07, 6.45) is 0.433. The molecule has 1 heterocycles. The van der Waals surface area contributed by atoms with Crippen molar-refractivity contribution in [3.05, 3.63) is 29.6 Å². The maximum absolute atomic E-state index is 13.2. The van der Waals surface area contributed by atoms with Gasteiger partial charge in [0.2, 0.25) is 11.8 Å². The smallest absolute Gasteiger partial charge is 0.234 e. The highest BCUT2D eigenvalue weighted by Gasteiger charge is 2.30. The fraction of sp³-hybridized carbons (Fsp3) is 0.273. The highest BCUT2D eigenvalue weighted by Crippen LogP contribution is 2.24. The fourth-order valence-corrected chi connectivity index (χ4v) is 1.72. The molecule has 1 aromatic rings. The molecule has 0 saturated carbocycles. The van der Waals surface area contributed by atoms with Gasteiger partial charge in [-0.05, 0) is 18.2 Å². The van der Waals surface area contributed by atoms with Crippen molar-refractivity contribution in [2.45, 2.75) is 19.4 Å². The Balaban J connectivity index is 2.40. The van der Waals surface area contributed by atoms with E-state index in [0.717, 1.165) is 4.90 Å². The van der Waals surface area contributed by atoms with Gasteiger partial charge in [0.05, 0.1) is 5.69 Å². The quantitative estimate of drug-likeness (QED) is 0.757. The summed E-state index contributed by atoms with van der Waals surface area (Å²) in [7, 11) is 0. The molecule has 4 nitrogen and oxygen atoms in total. The van der Waals surface area contributed by atoms with Gasteiger partial charge in [0.25, 0.3) is 0 Å². The molecule has 2 rings (SSSR count). The predicted octanol–water partition coefficient (Wildman–Crippen LogP) is 0.938. The summed E-state index contributed by atoms with van der Waals surface area (Å²) in [5, 5.41) is 0. The van der Waals surface area contributed by atoms with E-state index in [0.29, 0.717) is 11.3 Å². The maximum atomic E-state index is 13.2. The molecule has 0 aliphatic carbocycles. The Morgan fingerprint density at radius 3 is 2.44 bits per heavy atom. The van der Waals surface area contributed by atoms with Crippen LogP contribution in [0.2, 0.25) is 0 Å². The van der Waals surface area contributed by atoms with Gasteiger partial charge < -0.3 is 5.73 Å². The first-order valence-electron chi connectivity index (χ1n) is 4.97. The molecule has 0 radical (unpaired) electrons. The van der Waals surface area contributed by atoms with E-state index in [4.69, 9.17) is 5.73 Å². The average Bonchev–Trinajstić information content (AvgIpc) is 2.60. The molecule has 16 heavy (non-hydrogen) atoms. The van der Waals surface area contributed by atoms with Gasteiger partial charge in [-0.2, -0.15) is 0 Å². The van der Waals surface area contributed by atoms with Gasteiger partial charge in [-0.15, -0.1) is 0 Å². The topological polar surface area (TPSA) is 63.4 Å². The average molecular weight is 222 g/mol. The summed E-state index contributed by atoms with van der Waals surface area (Å²) < 4.78 is 13.2. The molecule has 1 aliphatic heterocycles. The van der Waals surface area contributed by atoms with Crippen molar-refractivity contribution in [1.82, 2.24) is 0 Å². The molecule has 0 aromatic heterocycles. The van der Waals surface area contributed by atoms with Crippen LogP contribution in [0.5, 0.6) is 0 Å². The van der Waals surface area contributed by atoms with Gasteiger partial charge in [-0.25, -0.2) is 4.39 Å². The van der Waals surface area contributed by atoms with Crippen LogP contribution in [-0.2, 0) is 16.1 Å². The zero-order valence-electron chi connectivity index (χ0n) is 8.57. The third kappa shape index (κ3) is 1.69. The molecular weight excluding hydrogens is 211 g/mol. The van der Waals surface area contributed by atoms with E-state index in [2.05, 4.69) is 0 Å². The number of carbonyl (C=O) groups is 2. The summed E-state index contributed by atoms with van der Waals surface area (Å²) in [4.78, 5) is 24.0. The summed E-state index contributed by atoms with van der Waals surface area (Å²) in [6, 6.07) is 4.07. The summed E-state index contributed by atoms with van der Waals surface area (Å²) in [5.41, 5.74) is 6.05. The van der Waals surface area contributed by atoms with E-state index < -0.39 is 5.82 Å². The maximum Gasteiger partial charge on any atom is 0.234 e. The first kappa shape index (κ1) is 10.8. The molecule has 84 valence electrons. The molecular formula is C11H11FN2O2. The van der Waals surface area contributed by atoms with Gasteiger partial charge >= 0.3 is 0 Å². The molecule has 0 bridgehead atoms. The molecule has 1 aliphatic rings. The van der Waals surface area contributed by atoms with Crippen molar-refractivity contribution in [3.63, 3.8) is 0 Å². The van der Waals surface area contributed by atoms with Crippen LogP contribution >= 0.6 is 0 Å². The van der Waals surface area contributed by atoms with E-state index in [-0.39, 0.29) is 31.2 Å². The molecule has 0 unspecified atom stereocenters. The Morgan fingerprint density at radius 1 is 1.25 bits per heavy atom. The Hall–Kier alpha value is -1.75. The first-order chi connectivity index (χ1) is 7.63. The third-order valence-electron chi connectivity index (χ3n) is 2.56. The van der Waals surface area contributed by atoms with Crippen LogP contribution in [0.3, 0.4) is 0 Å². The number of halogens is 1.